The van der Waals surface area contributed by atoms with Crippen molar-refractivity contribution in [1.82, 2.24) is 19.9 Å². The van der Waals surface area contributed by atoms with Gasteiger partial charge in [0.25, 0.3) is 0 Å². The van der Waals surface area contributed by atoms with E-state index in [9.17, 15) is 0 Å². The number of para-hydroxylation sites is 1. The Morgan fingerprint density at radius 1 is 1.12 bits per heavy atom. The first-order valence-electron chi connectivity index (χ1n) is 8.43. The van der Waals surface area contributed by atoms with E-state index in [1.54, 1.807) is 31.8 Å². The summed E-state index contributed by atoms with van der Waals surface area (Å²) in [6.07, 6.45) is 4.96. The molecule has 0 saturated carbocycles. The number of methoxy groups -OCH3 is 1. The molecule has 3 heterocycles. The van der Waals surface area contributed by atoms with Crippen LogP contribution in [0, 0.1) is 0 Å². The van der Waals surface area contributed by atoms with Crippen LogP contribution < -0.4 is 14.8 Å². The Morgan fingerprint density at radius 3 is 2.73 bits per heavy atom. The molecule has 2 unspecified atom stereocenters. The second kappa shape index (κ2) is 6.95. The van der Waals surface area contributed by atoms with Crippen LogP contribution in [-0.2, 0) is 0 Å². The van der Waals surface area contributed by atoms with Crippen molar-refractivity contribution < 1.29 is 9.47 Å². The van der Waals surface area contributed by atoms with Gasteiger partial charge in [0.15, 0.2) is 23.2 Å². The van der Waals surface area contributed by atoms with Crippen molar-refractivity contribution in [1.29, 1.82) is 0 Å². The minimum Gasteiger partial charge on any atom is -0.493 e. The quantitative estimate of drug-likeness (QED) is 0.758. The molecule has 1 aromatic carbocycles. The van der Waals surface area contributed by atoms with Gasteiger partial charge in [-0.15, -0.1) is 0 Å². The highest BCUT2D eigenvalue weighted by atomic mass is 16.5. The van der Waals surface area contributed by atoms with E-state index >= 15 is 0 Å². The summed E-state index contributed by atoms with van der Waals surface area (Å²) in [4.78, 5) is 17.3. The number of anilines is 1. The molecule has 0 amide bonds. The summed E-state index contributed by atoms with van der Waals surface area (Å²) in [6.45, 7) is 2.74. The van der Waals surface area contributed by atoms with Crippen LogP contribution in [0.5, 0.6) is 11.5 Å². The smallest absolute Gasteiger partial charge is 0.199 e. The number of nitrogens with zero attached hydrogens (tertiary/aromatic N) is 4. The predicted octanol–water partition coefficient (Wildman–Crippen LogP) is 2.92. The summed E-state index contributed by atoms with van der Waals surface area (Å²) in [5.41, 5.74) is 1.20. The Kier molecular flexibility index (Phi) is 4.35. The Hall–Kier alpha value is -3.22. The minimum absolute atomic E-state index is 0.0898. The Balaban J connectivity index is 1.61. The van der Waals surface area contributed by atoms with Gasteiger partial charge in [-0.05, 0) is 19.1 Å². The van der Waals surface area contributed by atoms with Gasteiger partial charge in [-0.2, -0.15) is 0 Å². The molecule has 0 bridgehead atoms. The molecule has 2 atom stereocenters. The maximum Gasteiger partial charge on any atom is 0.199 e. The van der Waals surface area contributed by atoms with Gasteiger partial charge >= 0.3 is 0 Å². The van der Waals surface area contributed by atoms with Crippen LogP contribution in [0.4, 0.5) is 5.82 Å². The summed E-state index contributed by atoms with van der Waals surface area (Å²) in [7, 11) is 1.60. The van der Waals surface area contributed by atoms with Crippen molar-refractivity contribution in [3.05, 3.63) is 54.5 Å². The molecule has 2 aromatic heterocycles. The number of fused-ring (bicyclic) bond motifs is 1. The lowest BCUT2D eigenvalue weighted by Gasteiger charge is -2.21. The van der Waals surface area contributed by atoms with Crippen LogP contribution in [0.2, 0.25) is 0 Å². The van der Waals surface area contributed by atoms with Crippen molar-refractivity contribution in [2.24, 2.45) is 0 Å². The first-order valence-corrected chi connectivity index (χ1v) is 8.43. The number of hydrogen-bond acceptors (Lipinski definition) is 7. The van der Waals surface area contributed by atoms with Crippen LogP contribution >= 0.6 is 0 Å². The fourth-order valence-corrected chi connectivity index (χ4v) is 3.06. The number of hydrogen-bond donors (Lipinski definition) is 1. The molecule has 1 N–H and O–H groups in total. The minimum atomic E-state index is 0.0898. The molecule has 1 aliphatic heterocycles. The zero-order valence-electron chi connectivity index (χ0n) is 14.6. The zero-order chi connectivity index (χ0) is 17.9. The highest BCUT2D eigenvalue weighted by Gasteiger charge is 2.29. The number of benzene rings is 1. The Bertz CT molecular complexity index is 903. The average molecular weight is 349 g/mol. The SMILES string of the molecule is COc1cnc(-c2ncccn2)nc1NC(C)C1COc2ccccc21. The van der Waals surface area contributed by atoms with Gasteiger partial charge in [0.05, 0.1) is 19.9 Å². The van der Waals surface area contributed by atoms with Crippen molar-refractivity contribution in [3.63, 3.8) is 0 Å². The monoisotopic (exact) mass is 349 g/mol. The summed E-state index contributed by atoms with van der Waals surface area (Å²) in [6, 6.07) is 9.96. The third-order valence-corrected chi connectivity index (χ3v) is 4.45. The predicted molar refractivity (Wildman–Crippen MR) is 97.4 cm³/mol. The van der Waals surface area contributed by atoms with Crippen LogP contribution in [0.3, 0.4) is 0 Å². The second-order valence-electron chi connectivity index (χ2n) is 6.07. The number of aromatic nitrogens is 4. The molecule has 0 radical (unpaired) electrons. The van der Waals surface area contributed by atoms with Gasteiger partial charge in [0.1, 0.15) is 5.75 Å². The molecule has 0 aliphatic carbocycles. The molecule has 7 heteroatoms. The highest BCUT2D eigenvalue weighted by Crippen LogP contribution is 2.37. The fourth-order valence-electron chi connectivity index (χ4n) is 3.06. The van der Waals surface area contributed by atoms with E-state index in [-0.39, 0.29) is 12.0 Å². The second-order valence-corrected chi connectivity index (χ2v) is 6.07. The molecule has 7 nitrogen and oxygen atoms in total. The van der Waals surface area contributed by atoms with Crippen LogP contribution in [0.1, 0.15) is 18.4 Å². The molecular formula is C19H19N5O2. The molecule has 0 saturated heterocycles. The van der Waals surface area contributed by atoms with Gasteiger partial charge in [0.2, 0.25) is 0 Å². The largest absolute Gasteiger partial charge is 0.493 e. The van der Waals surface area contributed by atoms with Gasteiger partial charge < -0.3 is 14.8 Å². The standard InChI is InChI=1S/C19H19N5O2/c1-12(14-11-26-15-7-4-3-6-13(14)15)23-17-16(25-2)10-22-19(24-17)18-20-8-5-9-21-18/h3-10,12,14H,11H2,1-2H3,(H,22,23,24). The third-order valence-electron chi connectivity index (χ3n) is 4.45. The summed E-state index contributed by atoms with van der Waals surface area (Å²) in [5.74, 6) is 3.27. The lowest BCUT2D eigenvalue weighted by atomic mass is 9.94. The maximum absolute atomic E-state index is 5.80. The van der Waals surface area contributed by atoms with Crippen LogP contribution in [-0.4, -0.2) is 39.7 Å². The van der Waals surface area contributed by atoms with Crippen LogP contribution in [0.15, 0.2) is 48.9 Å². The lowest BCUT2D eigenvalue weighted by Crippen LogP contribution is -2.26. The van der Waals surface area contributed by atoms with E-state index in [0.717, 1.165) is 5.75 Å². The normalized spacial score (nSPS) is 16.5. The molecule has 0 spiro atoms. The molecule has 4 rings (SSSR count). The average Bonchev–Trinajstić information content (AvgIpc) is 3.13. The summed E-state index contributed by atoms with van der Waals surface area (Å²) in [5, 5.41) is 3.44. The number of nitrogens with one attached hydrogen (secondary N) is 1. The Morgan fingerprint density at radius 2 is 1.92 bits per heavy atom. The third kappa shape index (κ3) is 3.03. The van der Waals surface area contributed by atoms with Crippen LogP contribution in [0.25, 0.3) is 11.6 Å². The molecule has 26 heavy (non-hydrogen) atoms. The molecule has 3 aromatic rings. The van der Waals surface area contributed by atoms with Crippen molar-refractivity contribution >= 4 is 5.82 Å². The zero-order valence-corrected chi connectivity index (χ0v) is 14.6. The first-order chi connectivity index (χ1) is 12.8. The fraction of sp³-hybridized carbons (Fsp3) is 0.263. The summed E-state index contributed by atoms with van der Waals surface area (Å²) < 4.78 is 11.2. The molecule has 132 valence electrons. The van der Waals surface area contributed by atoms with E-state index in [0.29, 0.717) is 29.8 Å². The van der Waals surface area contributed by atoms with E-state index in [1.165, 1.54) is 5.56 Å². The maximum atomic E-state index is 5.80. The molecule has 0 fully saturated rings. The molecule has 1 aliphatic rings. The highest BCUT2D eigenvalue weighted by molar-refractivity contribution is 5.56. The van der Waals surface area contributed by atoms with Crippen molar-refractivity contribution in [2.75, 3.05) is 19.0 Å². The van der Waals surface area contributed by atoms with E-state index < -0.39 is 0 Å². The Labute approximate surface area is 151 Å². The van der Waals surface area contributed by atoms with Gasteiger partial charge in [-0.3, -0.25) is 0 Å². The van der Waals surface area contributed by atoms with Crippen molar-refractivity contribution in [2.45, 2.75) is 18.9 Å². The molecular weight excluding hydrogens is 330 g/mol. The summed E-state index contributed by atoms with van der Waals surface area (Å²) >= 11 is 0. The first kappa shape index (κ1) is 16.3. The van der Waals surface area contributed by atoms with Gasteiger partial charge in [-0.25, -0.2) is 19.9 Å². The lowest BCUT2D eigenvalue weighted by molar-refractivity contribution is 0.321. The van der Waals surface area contributed by atoms with Gasteiger partial charge in [-0.1, -0.05) is 18.2 Å². The van der Waals surface area contributed by atoms with E-state index in [1.807, 2.05) is 18.2 Å². The number of rotatable bonds is 5. The van der Waals surface area contributed by atoms with E-state index in [2.05, 4.69) is 38.2 Å². The topological polar surface area (TPSA) is 82.1 Å². The van der Waals surface area contributed by atoms with E-state index in [4.69, 9.17) is 9.47 Å². The number of ether oxygens (including phenoxy) is 2. The van der Waals surface area contributed by atoms with Gasteiger partial charge in [0, 0.05) is 29.9 Å². The van der Waals surface area contributed by atoms with Crippen molar-refractivity contribution in [3.8, 4) is 23.1 Å².